The molecule has 1 aromatic carbocycles. The van der Waals surface area contributed by atoms with E-state index in [-0.39, 0.29) is 11.9 Å². The lowest BCUT2D eigenvalue weighted by atomic mass is 10.1. The molecule has 1 fully saturated rings. The zero-order chi connectivity index (χ0) is 20.8. The average Bonchev–Trinajstić information content (AvgIpc) is 3.26. The van der Waals surface area contributed by atoms with Crippen LogP contribution in [0.1, 0.15) is 17.2 Å². The number of aromatic amines is 1. The largest absolute Gasteiger partial charge is 0.497 e. The van der Waals surface area contributed by atoms with Gasteiger partial charge in [0, 0.05) is 61.8 Å². The topological polar surface area (TPSA) is 75.3 Å². The Labute approximate surface area is 175 Å². The Bertz CT molecular complexity index is 944. The number of morpholine rings is 1. The molecule has 2 N–H and O–H groups in total. The van der Waals surface area contributed by atoms with Crippen molar-refractivity contribution in [2.24, 2.45) is 0 Å². The van der Waals surface area contributed by atoms with Crippen molar-refractivity contribution in [2.45, 2.75) is 12.6 Å². The highest BCUT2D eigenvalue weighted by Gasteiger charge is 2.22. The van der Waals surface area contributed by atoms with Gasteiger partial charge in [-0.25, -0.2) is 4.39 Å². The van der Waals surface area contributed by atoms with Crippen LogP contribution in [0.4, 0.5) is 4.39 Å². The van der Waals surface area contributed by atoms with Gasteiger partial charge in [0.05, 0.1) is 32.2 Å². The van der Waals surface area contributed by atoms with Crippen molar-refractivity contribution < 1.29 is 13.9 Å². The van der Waals surface area contributed by atoms with Crippen molar-refractivity contribution in [2.75, 3.05) is 40.0 Å². The number of nitrogens with one attached hydrogen (secondary N) is 2. The summed E-state index contributed by atoms with van der Waals surface area (Å²) < 4.78 is 25.1. The molecular weight excluding hydrogens is 385 g/mol. The number of halogens is 1. The minimum absolute atomic E-state index is 0.213. The Hall–Kier alpha value is -2.81. The van der Waals surface area contributed by atoms with E-state index in [1.807, 2.05) is 12.4 Å². The fourth-order valence-corrected chi connectivity index (χ4v) is 3.78. The molecule has 158 valence electrons. The molecule has 1 unspecified atom stereocenters. The van der Waals surface area contributed by atoms with E-state index in [4.69, 9.17) is 9.47 Å². The number of aromatic nitrogens is 3. The molecule has 3 heterocycles. The van der Waals surface area contributed by atoms with Gasteiger partial charge in [-0.2, -0.15) is 5.10 Å². The molecule has 1 atom stereocenters. The van der Waals surface area contributed by atoms with Gasteiger partial charge in [0.25, 0.3) is 0 Å². The van der Waals surface area contributed by atoms with Crippen molar-refractivity contribution in [3.63, 3.8) is 0 Å². The van der Waals surface area contributed by atoms with E-state index in [9.17, 15) is 4.39 Å². The second-order valence-corrected chi connectivity index (χ2v) is 7.19. The summed E-state index contributed by atoms with van der Waals surface area (Å²) in [6, 6.07) is 9.15. The van der Waals surface area contributed by atoms with Crippen molar-refractivity contribution in [3.05, 3.63) is 65.9 Å². The Morgan fingerprint density at radius 2 is 2.03 bits per heavy atom. The lowest BCUT2D eigenvalue weighted by Crippen LogP contribution is -2.42. The smallest absolute Gasteiger partial charge is 0.136 e. The number of rotatable bonds is 8. The first-order valence-electron chi connectivity index (χ1n) is 10.0. The van der Waals surface area contributed by atoms with E-state index in [1.165, 1.54) is 18.7 Å². The highest BCUT2D eigenvalue weighted by Crippen LogP contribution is 2.27. The van der Waals surface area contributed by atoms with E-state index in [1.54, 1.807) is 18.3 Å². The number of ether oxygens (including phenoxy) is 2. The van der Waals surface area contributed by atoms with E-state index >= 15 is 0 Å². The second kappa shape index (κ2) is 9.80. The van der Waals surface area contributed by atoms with Crippen LogP contribution in [0.2, 0.25) is 0 Å². The molecule has 0 amide bonds. The minimum Gasteiger partial charge on any atom is -0.497 e. The Balaban J connectivity index is 1.46. The van der Waals surface area contributed by atoms with Gasteiger partial charge in [-0.15, -0.1) is 0 Å². The number of benzene rings is 1. The second-order valence-electron chi connectivity index (χ2n) is 7.19. The third kappa shape index (κ3) is 4.67. The van der Waals surface area contributed by atoms with Crippen LogP contribution in [0, 0.1) is 5.82 Å². The molecule has 4 rings (SSSR count). The molecule has 0 bridgehead atoms. The molecule has 1 aliphatic rings. The average molecular weight is 411 g/mol. The van der Waals surface area contributed by atoms with Crippen LogP contribution < -0.4 is 10.1 Å². The van der Waals surface area contributed by atoms with Gasteiger partial charge >= 0.3 is 0 Å². The number of hydrogen-bond donors (Lipinski definition) is 2. The molecule has 1 saturated heterocycles. The van der Waals surface area contributed by atoms with Gasteiger partial charge in [-0.3, -0.25) is 15.0 Å². The third-order valence-electron chi connectivity index (χ3n) is 5.39. The number of H-pyrrole nitrogens is 1. The lowest BCUT2D eigenvalue weighted by Gasteiger charge is -2.35. The van der Waals surface area contributed by atoms with Crippen molar-refractivity contribution >= 4 is 0 Å². The van der Waals surface area contributed by atoms with E-state index in [2.05, 4.69) is 37.5 Å². The fourth-order valence-electron chi connectivity index (χ4n) is 3.78. The minimum atomic E-state index is -0.345. The summed E-state index contributed by atoms with van der Waals surface area (Å²) in [6.45, 7) is 4.59. The van der Waals surface area contributed by atoms with Crippen molar-refractivity contribution in [1.29, 1.82) is 0 Å². The van der Waals surface area contributed by atoms with E-state index in [0.717, 1.165) is 38.4 Å². The molecular formula is C22H26FN5O2. The predicted molar refractivity (Wildman–Crippen MR) is 112 cm³/mol. The molecule has 30 heavy (non-hydrogen) atoms. The highest BCUT2D eigenvalue weighted by atomic mass is 19.1. The van der Waals surface area contributed by atoms with Crippen molar-refractivity contribution in [3.8, 4) is 17.0 Å². The maximum absolute atomic E-state index is 14.5. The van der Waals surface area contributed by atoms with Gasteiger partial charge in [-0.1, -0.05) is 0 Å². The molecule has 0 aliphatic carbocycles. The SMILES string of the molecule is COc1ccc(-c2[nH]ncc2CNCC(c2ccncc2)N2CCOCC2)c(F)c1. The standard InChI is InChI=1S/C22H26FN5O2/c1-29-18-2-3-19(20(23)12-18)22-17(14-26-27-22)13-25-15-21(16-4-6-24-7-5-16)28-8-10-30-11-9-28/h2-7,12,14,21,25H,8-11,13,15H2,1H3,(H,26,27). The van der Waals surface area contributed by atoms with Crippen LogP contribution in [0.15, 0.2) is 48.9 Å². The molecule has 7 nitrogen and oxygen atoms in total. The van der Waals surface area contributed by atoms with Crippen LogP contribution >= 0.6 is 0 Å². The first-order chi connectivity index (χ1) is 14.8. The summed E-state index contributed by atoms with van der Waals surface area (Å²) in [5, 5.41) is 10.6. The van der Waals surface area contributed by atoms with Crippen molar-refractivity contribution in [1.82, 2.24) is 25.4 Å². The Morgan fingerprint density at radius 1 is 1.23 bits per heavy atom. The molecule has 1 aliphatic heterocycles. The van der Waals surface area contributed by atoms with Gasteiger partial charge in [0.15, 0.2) is 0 Å². The van der Waals surface area contributed by atoms with E-state index in [0.29, 0.717) is 23.6 Å². The van der Waals surface area contributed by atoms with Gasteiger partial charge < -0.3 is 14.8 Å². The van der Waals surface area contributed by atoms with Crippen LogP contribution in [0.3, 0.4) is 0 Å². The molecule has 3 aromatic rings. The van der Waals surface area contributed by atoms with Crippen LogP contribution in [0.25, 0.3) is 11.3 Å². The Morgan fingerprint density at radius 3 is 2.77 bits per heavy atom. The molecule has 2 aromatic heterocycles. The predicted octanol–water partition coefficient (Wildman–Crippen LogP) is 2.78. The third-order valence-corrected chi connectivity index (χ3v) is 5.39. The summed E-state index contributed by atoms with van der Waals surface area (Å²) in [7, 11) is 1.52. The molecule has 0 saturated carbocycles. The molecule has 8 heteroatoms. The number of pyridine rings is 1. The normalized spacial score (nSPS) is 15.8. The first-order valence-corrected chi connectivity index (χ1v) is 10.0. The van der Waals surface area contributed by atoms with Crippen LogP contribution in [-0.2, 0) is 11.3 Å². The number of nitrogens with zero attached hydrogens (tertiary/aromatic N) is 3. The first kappa shape index (κ1) is 20.5. The summed E-state index contributed by atoms with van der Waals surface area (Å²) in [5.41, 5.74) is 3.28. The zero-order valence-corrected chi connectivity index (χ0v) is 17.0. The summed E-state index contributed by atoms with van der Waals surface area (Å²) in [4.78, 5) is 6.56. The monoisotopic (exact) mass is 411 g/mol. The summed E-state index contributed by atoms with van der Waals surface area (Å²) in [6.07, 6.45) is 5.38. The van der Waals surface area contributed by atoms with Gasteiger partial charge in [0.1, 0.15) is 11.6 Å². The highest BCUT2D eigenvalue weighted by molar-refractivity contribution is 5.64. The van der Waals surface area contributed by atoms with Crippen LogP contribution in [0.5, 0.6) is 5.75 Å². The number of methoxy groups -OCH3 is 1. The van der Waals surface area contributed by atoms with E-state index < -0.39 is 0 Å². The van der Waals surface area contributed by atoms with Crippen LogP contribution in [-0.4, -0.2) is 60.0 Å². The Kier molecular flexibility index (Phi) is 6.68. The summed E-state index contributed by atoms with van der Waals surface area (Å²) in [5.74, 6) is 0.143. The maximum atomic E-state index is 14.5. The quantitative estimate of drug-likeness (QED) is 0.594. The number of hydrogen-bond acceptors (Lipinski definition) is 6. The summed E-state index contributed by atoms with van der Waals surface area (Å²) >= 11 is 0. The molecule has 0 spiro atoms. The van der Waals surface area contributed by atoms with Gasteiger partial charge in [0.2, 0.25) is 0 Å². The fraction of sp³-hybridized carbons (Fsp3) is 0.364. The lowest BCUT2D eigenvalue weighted by molar-refractivity contribution is 0.0161. The maximum Gasteiger partial charge on any atom is 0.136 e. The van der Waals surface area contributed by atoms with Gasteiger partial charge in [-0.05, 0) is 29.8 Å². The zero-order valence-electron chi connectivity index (χ0n) is 17.0. The molecule has 0 radical (unpaired) electrons.